The smallest absolute Gasteiger partial charge is 0.225 e. The lowest BCUT2D eigenvalue weighted by atomic mass is 9.89. The molecule has 0 spiro atoms. The number of pyridine rings is 1. The van der Waals surface area contributed by atoms with Gasteiger partial charge in [-0.1, -0.05) is 0 Å². The van der Waals surface area contributed by atoms with Crippen molar-refractivity contribution in [3.8, 4) is 0 Å². The number of nitrogen functional groups attached to an aromatic ring is 1. The fourth-order valence-corrected chi connectivity index (χ4v) is 4.74. The molecule has 0 bridgehead atoms. The lowest BCUT2D eigenvalue weighted by molar-refractivity contribution is -0.138. The second-order valence-corrected chi connectivity index (χ2v) is 8.61. The topological polar surface area (TPSA) is 84.5 Å². The molecule has 2 aromatic rings. The minimum atomic E-state index is 0.0253. The Morgan fingerprint density at radius 1 is 1.07 bits per heavy atom. The third kappa shape index (κ3) is 4.56. The number of rotatable bonds is 5. The monoisotopic (exact) mass is 409 g/mol. The minimum Gasteiger partial charge on any atom is -0.384 e. The van der Waals surface area contributed by atoms with Crippen LogP contribution in [0.15, 0.2) is 36.7 Å². The van der Waals surface area contributed by atoms with E-state index in [2.05, 4.69) is 9.88 Å². The largest absolute Gasteiger partial charge is 0.384 e. The van der Waals surface area contributed by atoms with Crippen molar-refractivity contribution in [3.63, 3.8) is 0 Å². The van der Waals surface area contributed by atoms with Gasteiger partial charge in [0, 0.05) is 50.9 Å². The van der Waals surface area contributed by atoms with Gasteiger partial charge in [-0.25, -0.2) is 4.98 Å². The van der Waals surface area contributed by atoms with Crippen LogP contribution in [0.2, 0.25) is 0 Å². The Labute approximate surface area is 177 Å². The summed E-state index contributed by atoms with van der Waals surface area (Å²) in [6.45, 7) is 4.06. The van der Waals surface area contributed by atoms with Gasteiger partial charge < -0.3 is 15.2 Å². The first-order chi connectivity index (χ1) is 14.5. The highest BCUT2D eigenvalue weighted by Crippen LogP contribution is 2.26. The summed E-state index contributed by atoms with van der Waals surface area (Å²) >= 11 is 0. The molecule has 0 unspecified atom stereocenters. The molecule has 30 heavy (non-hydrogen) atoms. The van der Waals surface area contributed by atoms with Crippen molar-refractivity contribution in [1.82, 2.24) is 19.4 Å². The lowest BCUT2D eigenvalue weighted by Gasteiger charge is -2.37. The van der Waals surface area contributed by atoms with Gasteiger partial charge in [0.05, 0.1) is 5.69 Å². The number of carbonyl (C=O) groups is 2. The lowest BCUT2D eigenvalue weighted by Crippen LogP contribution is -2.46. The molecule has 2 N–H and O–H groups in total. The number of carbonyl (C=O) groups excluding carboxylic acids is 2. The van der Waals surface area contributed by atoms with Crippen LogP contribution in [0.3, 0.4) is 0 Å². The second kappa shape index (κ2) is 9.00. The van der Waals surface area contributed by atoms with Gasteiger partial charge in [0.25, 0.3) is 0 Å². The molecule has 4 heterocycles. The van der Waals surface area contributed by atoms with Crippen LogP contribution in [0.5, 0.6) is 0 Å². The van der Waals surface area contributed by atoms with Gasteiger partial charge in [-0.3, -0.25) is 14.5 Å². The van der Waals surface area contributed by atoms with Crippen molar-refractivity contribution in [2.45, 2.75) is 32.2 Å². The zero-order valence-corrected chi connectivity index (χ0v) is 17.7. The van der Waals surface area contributed by atoms with E-state index < -0.39 is 0 Å². The predicted molar refractivity (Wildman–Crippen MR) is 116 cm³/mol. The highest BCUT2D eigenvalue weighted by atomic mass is 16.2. The number of ketones is 1. The van der Waals surface area contributed by atoms with Crippen molar-refractivity contribution >= 4 is 17.5 Å². The fourth-order valence-electron chi connectivity index (χ4n) is 4.74. The average molecular weight is 410 g/mol. The molecule has 0 atom stereocenters. The van der Waals surface area contributed by atoms with E-state index in [0.717, 1.165) is 56.6 Å². The average Bonchev–Trinajstić information content (AvgIpc) is 3.19. The Morgan fingerprint density at radius 3 is 2.40 bits per heavy atom. The molecule has 0 saturated carbocycles. The molecule has 160 valence electrons. The molecule has 7 nitrogen and oxygen atoms in total. The van der Waals surface area contributed by atoms with Crippen molar-refractivity contribution in [2.75, 3.05) is 31.9 Å². The third-order valence-corrected chi connectivity index (χ3v) is 6.56. The second-order valence-electron chi connectivity index (χ2n) is 8.61. The molecule has 0 aliphatic carbocycles. The first-order valence-corrected chi connectivity index (χ1v) is 10.9. The summed E-state index contributed by atoms with van der Waals surface area (Å²) in [6.07, 6.45) is 6.95. The van der Waals surface area contributed by atoms with Gasteiger partial charge >= 0.3 is 0 Å². The standard InChI is InChI=1S/C23H31N5O2/c1-26-10-2-3-20(26)22(29)18-7-13-28(14-8-18)23(30)19-5-11-27(12-6-19)16-17-4-9-25-21(24)15-17/h2-4,9-10,15,18-19H,5-8,11-14,16H2,1H3,(H2,24,25). The Hall–Kier alpha value is -2.67. The van der Waals surface area contributed by atoms with E-state index in [4.69, 9.17) is 5.73 Å². The van der Waals surface area contributed by atoms with Gasteiger partial charge in [-0.15, -0.1) is 0 Å². The first kappa shape index (κ1) is 20.6. The number of hydrogen-bond acceptors (Lipinski definition) is 5. The van der Waals surface area contributed by atoms with Gasteiger partial charge in [0.1, 0.15) is 5.82 Å². The predicted octanol–water partition coefficient (Wildman–Crippen LogP) is 2.34. The van der Waals surface area contributed by atoms with Crippen LogP contribution >= 0.6 is 0 Å². The van der Waals surface area contributed by atoms with Crippen LogP contribution in [0.25, 0.3) is 0 Å². The van der Waals surface area contributed by atoms with E-state index in [1.165, 1.54) is 0 Å². The van der Waals surface area contributed by atoms with Crippen molar-refractivity contribution in [1.29, 1.82) is 0 Å². The molecule has 0 aromatic carbocycles. The number of piperidine rings is 2. The number of aromatic nitrogens is 2. The summed E-state index contributed by atoms with van der Waals surface area (Å²) in [5, 5.41) is 0. The molecule has 2 saturated heterocycles. The first-order valence-electron chi connectivity index (χ1n) is 10.9. The maximum absolute atomic E-state index is 13.0. The summed E-state index contributed by atoms with van der Waals surface area (Å²) < 4.78 is 1.88. The minimum absolute atomic E-state index is 0.0253. The molecular weight excluding hydrogens is 378 g/mol. The van der Waals surface area contributed by atoms with E-state index in [0.29, 0.717) is 18.9 Å². The normalized spacial score (nSPS) is 19.2. The summed E-state index contributed by atoms with van der Waals surface area (Å²) in [7, 11) is 1.90. The van der Waals surface area contributed by atoms with Crippen LogP contribution in [-0.2, 0) is 18.4 Å². The van der Waals surface area contributed by atoms with Crippen LogP contribution in [0.1, 0.15) is 41.7 Å². The number of Topliss-reactive ketones (excluding diaryl/α,β-unsaturated/α-hetero) is 1. The number of likely N-dealkylation sites (tertiary alicyclic amines) is 2. The fraction of sp³-hybridized carbons (Fsp3) is 0.522. The van der Waals surface area contributed by atoms with Crippen molar-refractivity contribution < 1.29 is 9.59 Å². The molecular formula is C23H31N5O2. The molecule has 0 radical (unpaired) electrons. The van der Waals surface area contributed by atoms with E-state index in [-0.39, 0.29) is 23.5 Å². The van der Waals surface area contributed by atoms with Crippen LogP contribution in [-0.4, -0.2) is 57.2 Å². The quantitative estimate of drug-likeness (QED) is 0.766. The van der Waals surface area contributed by atoms with Gasteiger partial charge in [-0.05, 0) is 68.6 Å². The van der Waals surface area contributed by atoms with Crippen LogP contribution in [0.4, 0.5) is 5.82 Å². The van der Waals surface area contributed by atoms with E-state index >= 15 is 0 Å². The Morgan fingerprint density at radius 2 is 1.77 bits per heavy atom. The summed E-state index contributed by atoms with van der Waals surface area (Å²) in [4.78, 5) is 34.1. The third-order valence-electron chi connectivity index (χ3n) is 6.56. The zero-order chi connectivity index (χ0) is 21.1. The van der Waals surface area contributed by atoms with Gasteiger partial charge in [0.2, 0.25) is 5.91 Å². The Balaban J connectivity index is 1.24. The summed E-state index contributed by atoms with van der Waals surface area (Å²) in [5.74, 6) is 1.15. The molecule has 2 aliphatic rings. The maximum Gasteiger partial charge on any atom is 0.225 e. The molecule has 2 aromatic heterocycles. The van der Waals surface area contributed by atoms with E-state index in [9.17, 15) is 9.59 Å². The number of amides is 1. The van der Waals surface area contributed by atoms with Crippen LogP contribution in [0, 0.1) is 11.8 Å². The molecule has 7 heteroatoms. The highest BCUT2D eigenvalue weighted by molar-refractivity contribution is 5.96. The number of hydrogen-bond donors (Lipinski definition) is 1. The van der Waals surface area contributed by atoms with Crippen molar-refractivity contribution in [3.05, 3.63) is 47.9 Å². The van der Waals surface area contributed by atoms with Gasteiger partial charge in [-0.2, -0.15) is 0 Å². The molecule has 2 fully saturated rings. The number of anilines is 1. The molecule has 4 rings (SSSR count). The van der Waals surface area contributed by atoms with E-state index in [1.54, 1.807) is 6.20 Å². The summed E-state index contributed by atoms with van der Waals surface area (Å²) in [6, 6.07) is 7.70. The number of aryl methyl sites for hydroxylation is 1. The SMILES string of the molecule is Cn1cccc1C(=O)C1CCN(C(=O)C2CCN(Cc3ccnc(N)c3)CC2)CC1. The summed E-state index contributed by atoms with van der Waals surface area (Å²) in [5.41, 5.74) is 7.70. The molecule has 2 aliphatic heterocycles. The highest BCUT2D eigenvalue weighted by Gasteiger charge is 2.33. The van der Waals surface area contributed by atoms with Gasteiger partial charge in [0.15, 0.2) is 5.78 Å². The maximum atomic E-state index is 13.0. The number of nitrogens with zero attached hydrogens (tertiary/aromatic N) is 4. The number of nitrogens with two attached hydrogens (primary N) is 1. The molecule has 1 amide bonds. The Kier molecular flexibility index (Phi) is 6.18. The van der Waals surface area contributed by atoms with E-state index in [1.807, 2.05) is 47.0 Å². The van der Waals surface area contributed by atoms with Crippen LogP contribution < -0.4 is 5.73 Å². The zero-order valence-electron chi connectivity index (χ0n) is 17.7. The Bertz CT molecular complexity index is 893. The van der Waals surface area contributed by atoms with Crippen molar-refractivity contribution in [2.24, 2.45) is 18.9 Å².